The minimum Gasteiger partial charge on any atom is -0.243 e. The van der Waals surface area contributed by atoms with Crippen molar-refractivity contribution >= 4 is 15.9 Å². The molecule has 0 spiro atoms. The topological polar surface area (TPSA) is 12.5 Å². The van der Waals surface area contributed by atoms with Gasteiger partial charge in [-0.1, -0.05) is 4.90 Å². The Balaban J connectivity index is 3.48. The van der Waals surface area contributed by atoms with Gasteiger partial charge >= 0.3 is 29.3 Å². The summed E-state index contributed by atoms with van der Waals surface area (Å²) < 4.78 is 127. The number of ether oxygens (including phenoxy) is 1. The van der Waals surface area contributed by atoms with Gasteiger partial charge in [-0.2, -0.15) is 43.9 Å². The second-order valence-corrected chi connectivity index (χ2v) is 3.98. The largest absolute Gasteiger partial charge is 0.439 e. The van der Waals surface area contributed by atoms with Crippen LogP contribution in [0.5, 0.6) is 0 Å². The molecule has 1 rings (SSSR count). The molecule has 0 amide bonds. The third-order valence-corrected chi connectivity index (χ3v) is 2.13. The highest BCUT2D eigenvalue weighted by molar-refractivity contribution is 9.09. The molecule has 0 aromatic rings. The zero-order valence-electron chi connectivity index (χ0n) is 7.51. The van der Waals surface area contributed by atoms with E-state index in [0.717, 1.165) is 15.9 Å². The van der Waals surface area contributed by atoms with Crippen LogP contribution in [0.25, 0.3) is 0 Å². The van der Waals surface area contributed by atoms with Gasteiger partial charge in [0.05, 0.1) is 0 Å². The number of morpholine rings is 1. The Bertz CT molecular complexity index is 325. The van der Waals surface area contributed by atoms with Crippen LogP contribution in [-0.4, -0.2) is 34.2 Å². The molecule has 18 heavy (non-hydrogen) atoms. The molecule has 0 aromatic carbocycles. The molecule has 0 unspecified atom stereocenters. The minimum absolute atomic E-state index is 0.905. The third kappa shape index (κ3) is 1.95. The molecule has 0 bridgehead atoms. The molecule has 0 saturated carbocycles. The molecule has 1 heterocycles. The molecule has 0 N–H and O–H groups in total. The zero-order valence-corrected chi connectivity index (χ0v) is 9.10. The van der Waals surface area contributed by atoms with E-state index in [1.54, 1.807) is 0 Å². The van der Waals surface area contributed by atoms with Crippen molar-refractivity contribution in [3.05, 3.63) is 0 Å². The van der Waals surface area contributed by atoms with E-state index in [-0.39, 0.29) is 0 Å². The Labute approximate surface area is 99.6 Å². The maximum absolute atomic E-state index is 12.7. The normalized spacial score (nSPS) is 30.2. The number of nitrogens with zero attached hydrogens (tertiary/aromatic N) is 1. The summed E-state index contributed by atoms with van der Waals surface area (Å²) in [4.78, 5) is -8.49. The standard InChI is InChI=1S/C5BrF10NO/c6-5(15,16)17-1(7,8)3(11,12)18-4(13,14)2(17,9)10. The molecule has 0 atom stereocenters. The first-order valence-corrected chi connectivity index (χ1v) is 4.45. The van der Waals surface area contributed by atoms with Gasteiger partial charge in [0.1, 0.15) is 0 Å². The fourth-order valence-electron chi connectivity index (χ4n) is 1.04. The molecule has 0 aliphatic carbocycles. The van der Waals surface area contributed by atoms with Crippen molar-refractivity contribution in [2.45, 2.75) is 29.3 Å². The number of hydrogen-bond acceptors (Lipinski definition) is 2. The van der Waals surface area contributed by atoms with E-state index in [1.165, 1.54) is 0 Å². The van der Waals surface area contributed by atoms with Gasteiger partial charge in [-0.15, -0.1) is 0 Å². The van der Waals surface area contributed by atoms with Gasteiger partial charge < -0.3 is 0 Å². The van der Waals surface area contributed by atoms with Crippen LogP contribution in [0, 0.1) is 0 Å². The maximum Gasteiger partial charge on any atom is 0.439 e. The van der Waals surface area contributed by atoms with Crippen molar-refractivity contribution in [2.24, 2.45) is 0 Å². The smallest absolute Gasteiger partial charge is 0.243 e. The van der Waals surface area contributed by atoms with Gasteiger partial charge in [0.25, 0.3) is 0 Å². The molecule has 2 nitrogen and oxygen atoms in total. The minimum atomic E-state index is -6.38. The summed E-state index contributed by atoms with van der Waals surface area (Å²) in [6, 6.07) is -12.8. The number of rotatable bonds is 1. The van der Waals surface area contributed by atoms with Crippen LogP contribution >= 0.6 is 15.9 Å². The highest BCUT2D eigenvalue weighted by Crippen LogP contribution is 2.59. The average Bonchev–Trinajstić information content (AvgIpc) is 1.93. The van der Waals surface area contributed by atoms with Gasteiger partial charge in [0, 0.05) is 15.9 Å². The van der Waals surface area contributed by atoms with E-state index in [1.807, 2.05) is 4.74 Å². The predicted molar refractivity (Wildman–Crippen MR) is 36.6 cm³/mol. The quantitative estimate of drug-likeness (QED) is 0.402. The molecule has 1 aliphatic heterocycles. The third-order valence-electron chi connectivity index (χ3n) is 1.77. The molecule has 13 heteroatoms. The molecular weight excluding hydrogens is 360 g/mol. The Morgan fingerprint density at radius 1 is 0.778 bits per heavy atom. The second kappa shape index (κ2) is 3.62. The lowest BCUT2D eigenvalue weighted by Crippen LogP contribution is -2.76. The van der Waals surface area contributed by atoms with Crippen molar-refractivity contribution in [1.29, 1.82) is 0 Å². The number of hydrogen-bond donors (Lipinski definition) is 0. The summed E-state index contributed by atoms with van der Waals surface area (Å²) in [6.07, 6.45) is -12.5. The lowest BCUT2D eigenvalue weighted by Gasteiger charge is -2.47. The van der Waals surface area contributed by atoms with Crippen LogP contribution in [0.1, 0.15) is 0 Å². The van der Waals surface area contributed by atoms with Gasteiger partial charge in [0.2, 0.25) is 0 Å². The van der Waals surface area contributed by atoms with Gasteiger partial charge in [-0.25, -0.2) is 4.74 Å². The second-order valence-electron chi connectivity index (χ2n) is 3.02. The summed E-state index contributed by atoms with van der Waals surface area (Å²) in [6.45, 7) is 0. The molecule has 108 valence electrons. The van der Waals surface area contributed by atoms with E-state index in [9.17, 15) is 43.9 Å². The SMILES string of the molecule is FC(F)(Br)N1C(F)(F)C(F)(F)OC(F)(F)C1(F)F. The number of halogens is 11. The van der Waals surface area contributed by atoms with Gasteiger partial charge in [-0.3, -0.25) is 0 Å². The van der Waals surface area contributed by atoms with Crippen molar-refractivity contribution in [1.82, 2.24) is 4.90 Å². The van der Waals surface area contributed by atoms with Crippen molar-refractivity contribution in [3.8, 4) is 0 Å². The highest BCUT2D eigenvalue weighted by Gasteiger charge is 2.86. The predicted octanol–water partition coefficient (Wildman–Crippen LogP) is 3.63. The monoisotopic (exact) mass is 359 g/mol. The van der Waals surface area contributed by atoms with Crippen LogP contribution in [0.2, 0.25) is 0 Å². The summed E-state index contributed by atoms with van der Waals surface area (Å²) >= 11 is 0.905. The molecular formula is C5BrF10NO. The first kappa shape index (κ1) is 15.8. The van der Waals surface area contributed by atoms with Crippen LogP contribution in [-0.2, 0) is 4.74 Å². The molecule has 0 aromatic heterocycles. The Hall–Kier alpha value is -0.300. The highest BCUT2D eigenvalue weighted by atomic mass is 79.9. The van der Waals surface area contributed by atoms with E-state index in [2.05, 4.69) is 0 Å². The van der Waals surface area contributed by atoms with E-state index >= 15 is 0 Å². The van der Waals surface area contributed by atoms with Gasteiger partial charge in [-0.05, 0) is 0 Å². The van der Waals surface area contributed by atoms with Crippen LogP contribution in [0.3, 0.4) is 0 Å². The molecule has 1 aliphatic rings. The Morgan fingerprint density at radius 2 is 1.06 bits per heavy atom. The van der Waals surface area contributed by atoms with Crippen molar-refractivity contribution in [2.75, 3.05) is 0 Å². The van der Waals surface area contributed by atoms with Crippen LogP contribution in [0.4, 0.5) is 43.9 Å². The fourth-order valence-corrected chi connectivity index (χ4v) is 1.48. The summed E-state index contributed by atoms with van der Waals surface area (Å²) in [5.74, 6) is 0. The lowest BCUT2D eigenvalue weighted by molar-refractivity contribution is -0.577. The molecule has 1 fully saturated rings. The average molecular weight is 360 g/mol. The van der Waals surface area contributed by atoms with Crippen molar-refractivity contribution < 1.29 is 48.6 Å². The van der Waals surface area contributed by atoms with E-state index in [4.69, 9.17) is 0 Å². The lowest BCUT2D eigenvalue weighted by atomic mass is 10.3. The first-order chi connectivity index (χ1) is 7.57. The van der Waals surface area contributed by atoms with Crippen LogP contribution < -0.4 is 0 Å². The molecule has 0 radical (unpaired) electrons. The van der Waals surface area contributed by atoms with Gasteiger partial charge in [0.15, 0.2) is 0 Å². The molecule has 1 saturated heterocycles. The Kier molecular flexibility index (Phi) is 3.17. The maximum atomic E-state index is 12.7. The summed E-state index contributed by atoms with van der Waals surface area (Å²) in [7, 11) is 0. The summed E-state index contributed by atoms with van der Waals surface area (Å²) in [5, 5.41) is 0. The van der Waals surface area contributed by atoms with E-state index in [0.29, 0.717) is 0 Å². The van der Waals surface area contributed by atoms with Crippen LogP contribution in [0.15, 0.2) is 0 Å². The van der Waals surface area contributed by atoms with Crippen molar-refractivity contribution in [3.63, 3.8) is 0 Å². The summed E-state index contributed by atoms with van der Waals surface area (Å²) in [5.41, 5.74) is 0. The van der Waals surface area contributed by atoms with E-state index < -0.39 is 34.2 Å². The fraction of sp³-hybridized carbons (Fsp3) is 1.00. The zero-order chi connectivity index (χ0) is 14.8. The Morgan fingerprint density at radius 3 is 1.28 bits per heavy atom. The number of alkyl halides is 11. The first-order valence-electron chi connectivity index (χ1n) is 3.66.